The number of halogens is 3. The van der Waals surface area contributed by atoms with E-state index in [2.05, 4.69) is 18.4 Å². The normalized spacial score (nSPS) is 19.8. The summed E-state index contributed by atoms with van der Waals surface area (Å²) in [6.45, 7) is 3.82. The highest BCUT2D eigenvalue weighted by Crippen LogP contribution is 2.37. The number of hydrogen-bond acceptors (Lipinski definition) is 0. The van der Waals surface area contributed by atoms with Crippen LogP contribution in [-0.4, -0.2) is 0 Å². The van der Waals surface area contributed by atoms with E-state index in [1.807, 2.05) is 6.08 Å². The molecule has 2 aromatic carbocycles. The van der Waals surface area contributed by atoms with Gasteiger partial charge in [0.1, 0.15) is 17.5 Å². The molecule has 0 radical (unpaired) electrons. The monoisotopic (exact) mass is 340 g/mol. The van der Waals surface area contributed by atoms with Crippen molar-refractivity contribution in [2.45, 2.75) is 31.6 Å². The van der Waals surface area contributed by atoms with Crippen LogP contribution in [0.1, 0.15) is 48.3 Å². The summed E-state index contributed by atoms with van der Waals surface area (Å²) in [6, 6.07) is 8.28. The molecule has 0 aromatic heterocycles. The van der Waals surface area contributed by atoms with Gasteiger partial charge in [-0.25, -0.2) is 13.2 Å². The minimum Gasteiger partial charge on any atom is -0.207 e. The van der Waals surface area contributed by atoms with Crippen molar-refractivity contribution in [2.24, 2.45) is 5.92 Å². The van der Waals surface area contributed by atoms with Gasteiger partial charge in [-0.3, -0.25) is 0 Å². The second kappa shape index (κ2) is 7.61. The highest BCUT2D eigenvalue weighted by molar-refractivity contribution is 5.45. The Bertz CT molecular complexity index is 794. The molecule has 0 saturated heterocycles. The van der Waals surface area contributed by atoms with Gasteiger partial charge in [0.25, 0.3) is 0 Å². The van der Waals surface area contributed by atoms with E-state index in [9.17, 15) is 13.2 Å². The van der Waals surface area contributed by atoms with Crippen molar-refractivity contribution >= 4 is 0 Å². The molecule has 128 valence electrons. The molecule has 0 aliphatic heterocycles. The maximum atomic E-state index is 14.4. The predicted molar refractivity (Wildman–Crippen MR) is 93.6 cm³/mol. The Kier molecular flexibility index (Phi) is 5.28. The Morgan fingerprint density at radius 3 is 2.04 bits per heavy atom. The summed E-state index contributed by atoms with van der Waals surface area (Å²) in [5.41, 5.74) is 0.963. The first kappa shape index (κ1) is 17.4. The Hall–Kier alpha value is -2.47. The largest absolute Gasteiger partial charge is 0.207 e. The highest BCUT2D eigenvalue weighted by atomic mass is 19.1. The molecule has 3 rings (SSSR count). The van der Waals surface area contributed by atoms with Crippen LogP contribution in [0.25, 0.3) is 0 Å². The van der Waals surface area contributed by atoms with E-state index in [0.29, 0.717) is 17.0 Å². The zero-order valence-electron chi connectivity index (χ0n) is 13.9. The number of allylic oxidation sites excluding steroid dienone is 1. The molecule has 3 heteroatoms. The third kappa shape index (κ3) is 4.14. The summed E-state index contributed by atoms with van der Waals surface area (Å²) >= 11 is 0. The average molecular weight is 340 g/mol. The van der Waals surface area contributed by atoms with Gasteiger partial charge in [-0.15, -0.1) is 6.58 Å². The fourth-order valence-electron chi connectivity index (χ4n) is 3.30. The summed E-state index contributed by atoms with van der Waals surface area (Å²) < 4.78 is 41.6. The van der Waals surface area contributed by atoms with E-state index in [1.165, 1.54) is 36.4 Å². The van der Waals surface area contributed by atoms with Crippen molar-refractivity contribution in [3.05, 3.63) is 83.2 Å². The fraction of sp³-hybridized carbons (Fsp3) is 0.273. The molecule has 0 spiro atoms. The molecule has 1 fully saturated rings. The standard InChI is InChI=1S/C22H19F3/c1-2-15-3-8-17(9-4-15)18-13-21(24)20(22(25)14-18)12-7-16-5-10-19(23)11-6-16/h2,5-6,10-11,13-15,17H,1,3-4,8-9H2. The maximum Gasteiger partial charge on any atom is 0.142 e. The molecule has 0 unspecified atom stereocenters. The predicted octanol–water partition coefficient (Wildman–Crippen LogP) is 5.96. The Morgan fingerprint density at radius 2 is 1.48 bits per heavy atom. The van der Waals surface area contributed by atoms with E-state index in [0.717, 1.165) is 25.7 Å². The van der Waals surface area contributed by atoms with E-state index < -0.39 is 11.6 Å². The third-order valence-electron chi connectivity index (χ3n) is 4.82. The average Bonchev–Trinajstić information content (AvgIpc) is 2.62. The molecule has 0 heterocycles. The highest BCUT2D eigenvalue weighted by Gasteiger charge is 2.22. The molecule has 1 aliphatic carbocycles. The summed E-state index contributed by atoms with van der Waals surface area (Å²) in [5, 5.41) is 0. The lowest BCUT2D eigenvalue weighted by Gasteiger charge is -2.27. The SMILES string of the molecule is C=CC1CCC(c2cc(F)c(C#Cc3ccc(F)cc3)c(F)c2)CC1. The molecule has 25 heavy (non-hydrogen) atoms. The molecule has 2 aromatic rings. The van der Waals surface area contributed by atoms with Crippen LogP contribution in [-0.2, 0) is 0 Å². The van der Waals surface area contributed by atoms with Crippen molar-refractivity contribution in [3.8, 4) is 11.8 Å². The van der Waals surface area contributed by atoms with Gasteiger partial charge in [0.05, 0.1) is 5.56 Å². The molecular weight excluding hydrogens is 321 g/mol. The van der Waals surface area contributed by atoms with Crippen molar-refractivity contribution in [1.29, 1.82) is 0 Å². The second-order valence-electron chi connectivity index (χ2n) is 6.46. The Labute approximate surface area is 146 Å². The van der Waals surface area contributed by atoms with Gasteiger partial charge in [-0.2, -0.15) is 0 Å². The minimum atomic E-state index is -0.643. The first-order valence-electron chi connectivity index (χ1n) is 8.46. The van der Waals surface area contributed by atoms with Gasteiger partial charge in [0.15, 0.2) is 0 Å². The van der Waals surface area contributed by atoms with Crippen molar-refractivity contribution in [1.82, 2.24) is 0 Å². The first-order valence-corrected chi connectivity index (χ1v) is 8.46. The van der Waals surface area contributed by atoms with Crippen LogP contribution >= 0.6 is 0 Å². The smallest absolute Gasteiger partial charge is 0.142 e. The van der Waals surface area contributed by atoms with Crippen LogP contribution in [0, 0.1) is 35.2 Å². The summed E-state index contributed by atoms with van der Waals surface area (Å²) in [4.78, 5) is 0. The lowest BCUT2D eigenvalue weighted by Crippen LogP contribution is -2.12. The maximum absolute atomic E-state index is 14.4. The van der Waals surface area contributed by atoms with E-state index in [-0.39, 0.29) is 17.3 Å². The van der Waals surface area contributed by atoms with Crippen LogP contribution in [0.4, 0.5) is 13.2 Å². The molecule has 0 bridgehead atoms. The molecular formula is C22H19F3. The molecule has 0 amide bonds. The van der Waals surface area contributed by atoms with Crippen LogP contribution in [0.2, 0.25) is 0 Å². The van der Waals surface area contributed by atoms with Crippen molar-refractivity contribution in [3.63, 3.8) is 0 Å². The summed E-state index contributed by atoms with van der Waals surface area (Å²) in [7, 11) is 0. The third-order valence-corrected chi connectivity index (χ3v) is 4.82. The quantitative estimate of drug-likeness (QED) is 0.467. The lowest BCUT2D eigenvalue weighted by atomic mass is 9.78. The Balaban J connectivity index is 1.81. The summed E-state index contributed by atoms with van der Waals surface area (Å²) in [5.74, 6) is 4.23. The van der Waals surface area contributed by atoms with Gasteiger partial charge in [-0.1, -0.05) is 17.9 Å². The van der Waals surface area contributed by atoms with Crippen LogP contribution in [0.15, 0.2) is 49.1 Å². The Morgan fingerprint density at radius 1 is 0.880 bits per heavy atom. The molecule has 1 aliphatic rings. The fourth-order valence-corrected chi connectivity index (χ4v) is 3.30. The zero-order chi connectivity index (χ0) is 17.8. The van der Waals surface area contributed by atoms with Crippen LogP contribution < -0.4 is 0 Å². The van der Waals surface area contributed by atoms with Gasteiger partial charge in [0.2, 0.25) is 0 Å². The van der Waals surface area contributed by atoms with E-state index >= 15 is 0 Å². The van der Waals surface area contributed by atoms with Gasteiger partial charge < -0.3 is 0 Å². The number of benzene rings is 2. The van der Waals surface area contributed by atoms with Gasteiger partial charge in [-0.05, 0) is 79.5 Å². The molecule has 0 N–H and O–H groups in total. The number of hydrogen-bond donors (Lipinski definition) is 0. The molecule has 1 saturated carbocycles. The van der Waals surface area contributed by atoms with Gasteiger partial charge in [0, 0.05) is 5.56 Å². The molecule has 0 atom stereocenters. The topological polar surface area (TPSA) is 0 Å². The number of rotatable bonds is 2. The first-order chi connectivity index (χ1) is 12.1. The summed E-state index contributed by atoms with van der Waals surface area (Å²) in [6.07, 6.45) is 5.80. The van der Waals surface area contributed by atoms with Crippen molar-refractivity contribution < 1.29 is 13.2 Å². The zero-order valence-corrected chi connectivity index (χ0v) is 13.9. The van der Waals surface area contributed by atoms with E-state index in [1.54, 1.807) is 0 Å². The second-order valence-corrected chi connectivity index (χ2v) is 6.46. The van der Waals surface area contributed by atoms with Gasteiger partial charge >= 0.3 is 0 Å². The van der Waals surface area contributed by atoms with Crippen LogP contribution in [0.3, 0.4) is 0 Å². The van der Waals surface area contributed by atoms with E-state index in [4.69, 9.17) is 0 Å². The minimum absolute atomic E-state index is 0.180. The van der Waals surface area contributed by atoms with Crippen molar-refractivity contribution in [2.75, 3.05) is 0 Å². The lowest BCUT2D eigenvalue weighted by molar-refractivity contribution is 0.374. The molecule has 0 nitrogen and oxygen atoms in total. The van der Waals surface area contributed by atoms with Crippen LogP contribution in [0.5, 0.6) is 0 Å².